The summed E-state index contributed by atoms with van der Waals surface area (Å²) in [6, 6.07) is 47.9. The fraction of sp³-hybridized carbons (Fsp3) is 0.240. The van der Waals surface area contributed by atoms with Gasteiger partial charge in [0.2, 0.25) is 0 Å². The Morgan fingerprint density at radius 3 is 1.81 bits per heavy atom. The summed E-state index contributed by atoms with van der Waals surface area (Å²) < 4.78 is 7.02. The molecule has 2 aliphatic rings. The molecule has 9 rings (SSSR count). The zero-order valence-electron chi connectivity index (χ0n) is 32.6. The number of ether oxygens (including phenoxy) is 1. The number of hydrogen-bond donors (Lipinski definition) is 0. The van der Waals surface area contributed by atoms with Gasteiger partial charge in [0.05, 0.1) is 5.69 Å². The molecule has 7 aromatic rings. The van der Waals surface area contributed by atoms with Gasteiger partial charge in [-0.15, -0.1) is 0 Å². The SMILES string of the molecule is CC(C)(C)c1ccc2c(c1)B1c3cc(C(C)(C)C)ccc3N(c3cccc4c(-c5ccccc5)c5ccccc5cc34)c3cc(C(C)(C)C)cc(c31)O2. The summed E-state index contributed by atoms with van der Waals surface area (Å²) in [5.41, 5.74) is 13.7. The molecule has 0 N–H and O–H groups in total. The van der Waals surface area contributed by atoms with Crippen molar-refractivity contribution in [2.75, 3.05) is 4.90 Å². The van der Waals surface area contributed by atoms with Crippen molar-refractivity contribution >= 4 is 61.7 Å². The van der Waals surface area contributed by atoms with E-state index >= 15 is 0 Å². The summed E-state index contributed by atoms with van der Waals surface area (Å²) in [6.45, 7) is 20.8. The van der Waals surface area contributed by atoms with E-state index < -0.39 is 0 Å². The summed E-state index contributed by atoms with van der Waals surface area (Å²) >= 11 is 0. The second-order valence-electron chi connectivity index (χ2n) is 18.3. The number of fused-ring (bicyclic) bond motifs is 6. The standard InChI is InChI=1S/C50H48BNO/c1-48(2,3)33-22-24-42-39(27-33)51-40-28-34(49(4,5)6)23-25-44(40)53-45-30-35(50(7,8)9)29-43(47(45)51)52(42)41-21-15-20-37-38(41)26-32-18-13-14-19-36(32)46(37)31-16-11-10-12-17-31/h10-30H,1-9H3. The Morgan fingerprint density at radius 2 is 1.09 bits per heavy atom. The van der Waals surface area contributed by atoms with Gasteiger partial charge in [0, 0.05) is 16.8 Å². The van der Waals surface area contributed by atoms with Crippen molar-refractivity contribution in [1.82, 2.24) is 0 Å². The zero-order chi connectivity index (χ0) is 37.0. The van der Waals surface area contributed by atoms with Crippen LogP contribution in [0, 0.1) is 0 Å². The number of hydrogen-bond acceptors (Lipinski definition) is 2. The molecule has 0 spiro atoms. The van der Waals surface area contributed by atoms with Gasteiger partial charge in [0.1, 0.15) is 11.5 Å². The zero-order valence-corrected chi connectivity index (χ0v) is 32.6. The van der Waals surface area contributed by atoms with Gasteiger partial charge in [0.15, 0.2) is 0 Å². The van der Waals surface area contributed by atoms with Crippen LogP contribution in [0.25, 0.3) is 32.7 Å². The Morgan fingerprint density at radius 1 is 0.453 bits per heavy atom. The van der Waals surface area contributed by atoms with Crippen LogP contribution in [-0.2, 0) is 16.2 Å². The van der Waals surface area contributed by atoms with E-state index in [1.54, 1.807) is 0 Å². The molecular formula is C50H48BNO. The van der Waals surface area contributed by atoms with Crippen LogP contribution in [-0.4, -0.2) is 6.71 Å². The van der Waals surface area contributed by atoms with E-state index in [1.165, 1.54) is 82.8 Å². The molecule has 0 unspecified atom stereocenters. The number of rotatable bonds is 2. The van der Waals surface area contributed by atoms with E-state index in [9.17, 15) is 0 Å². The van der Waals surface area contributed by atoms with Crippen LogP contribution in [0.5, 0.6) is 11.5 Å². The van der Waals surface area contributed by atoms with Crippen molar-refractivity contribution in [3.8, 4) is 22.6 Å². The minimum Gasteiger partial charge on any atom is -0.458 e. The fourth-order valence-corrected chi connectivity index (χ4v) is 8.56. The minimum absolute atomic E-state index is 0.00715. The first-order chi connectivity index (χ1) is 25.2. The minimum atomic E-state index is -0.0851. The summed E-state index contributed by atoms with van der Waals surface area (Å²) in [5, 5.41) is 4.99. The van der Waals surface area contributed by atoms with Crippen LogP contribution in [0.1, 0.15) is 79.0 Å². The van der Waals surface area contributed by atoms with E-state index in [1.807, 2.05) is 0 Å². The first-order valence-corrected chi connectivity index (χ1v) is 19.1. The van der Waals surface area contributed by atoms with Gasteiger partial charge in [-0.2, -0.15) is 0 Å². The predicted molar refractivity (Wildman–Crippen MR) is 229 cm³/mol. The van der Waals surface area contributed by atoms with Crippen molar-refractivity contribution in [3.63, 3.8) is 0 Å². The Bertz CT molecular complexity index is 2600. The fourth-order valence-electron chi connectivity index (χ4n) is 8.56. The van der Waals surface area contributed by atoms with E-state index in [0.29, 0.717) is 0 Å². The Labute approximate surface area is 315 Å². The lowest BCUT2D eigenvalue weighted by Crippen LogP contribution is -2.60. The highest BCUT2D eigenvalue weighted by Crippen LogP contribution is 2.48. The van der Waals surface area contributed by atoms with Gasteiger partial charge >= 0.3 is 0 Å². The summed E-state index contributed by atoms with van der Waals surface area (Å²) in [6.07, 6.45) is 0. The molecule has 0 bridgehead atoms. The molecule has 0 radical (unpaired) electrons. The molecule has 0 aliphatic carbocycles. The van der Waals surface area contributed by atoms with E-state index in [4.69, 9.17) is 4.74 Å². The second kappa shape index (κ2) is 11.6. The predicted octanol–water partition coefficient (Wildman–Crippen LogP) is 12.0. The highest BCUT2D eigenvalue weighted by Gasteiger charge is 2.44. The molecule has 3 heteroatoms. The van der Waals surface area contributed by atoms with Crippen molar-refractivity contribution in [1.29, 1.82) is 0 Å². The maximum absolute atomic E-state index is 7.02. The van der Waals surface area contributed by atoms with Crippen molar-refractivity contribution in [2.24, 2.45) is 0 Å². The third-order valence-electron chi connectivity index (χ3n) is 11.6. The molecular weight excluding hydrogens is 641 g/mol. The van der Waals surface area contributed by atoms with Gasteiger partial charge in [0.25, 0.3) is 6.71 Å². The molecule has 2 heterocycles. The molecule has 0 saturated carbocycles. The largest absolute Gasteiger partial charge is 0.458 e. The average Bonchev–Trinajstić information content (AvgIpc) is 3.12. The van der Waals surface area contributed by atoms with Crippen LogP contribution in [0.15, 0.2) is 127 Å². The summed E-state index contributed by atoms with van der Waals surface area (Å²) in [7, 11) is 0. The highest BCUT2D eigenvalue weighted by atomic mass is 16.5. The van der Waals surface area contributed by atoms with E-state index in [2.05, 4.69) is 195 Å². The molecule has 2 nitrogen and oxygen atoms in total. The number of benzene rings is 7. The Balaban J connectivity index is 1.41. The topological polar surface area (TPSA) is 12.5 Å². The molecule has 53 heavy (non-hydrogen) atoms. The molecule has 262 valence electrons. The lowest BCUT2D eigenvalue weighted by Gasteiger charge is -2.42. The van der Waals surface area contributed by atoms with E-state index in [-0.39, 0.29) is 23.0 Å². The molecule has 7 aromatic carbocycles. The lowest BCUT2D eigenvalue weighted by molar-refractivity contribution is 0.482. The lowest BCUT2D eigenvalue weighted by atomic mass is 9.33. The molecule has 2 aliphatic heterocycles. The first kappa shape index (κ1) is 33.6. The van der Waals surface area contributed by atoms with Crippen LogP contribution < -0.4 is 26.0 Å². The van der Waals surface area contributed by atoms with Crippen molar-refractivity contribution in [3.05, 3.63) is 144 Å². The smallest absolute Gasteiger partial charge is 0.256 e. The van der Waals surface area contributed by atoms with Crippen LogP contribution in [0.3, 0.4) is 0 Å². The van der Waals surface area contributed by atoms with Gasteiger partial charge in [-0.3, -0.25) is 0 Å². The van der Waals surface area contributed by atoms with Gasteiger partial charge in [-0.1, -0.05) is 153 Å². The normalized spacial score (nSPS) is 13.8. The third kappa shape index (κ3) is 5.39. The molecule has 0 aromatic heterocycles. The van der Waals surface area contributed by atoms with Gasteiger partial charge in [-0.25, -0.2) is 0 Å². The van der Waals surface area contributed by atoms with Crippen molar-refractivity contribution < 1.29 is 4.74 Å². The maximum Gasteiger partial charge on any atom is 0.256 e. The number of anilines is 3. The quantitative estimate of drug-likeness (QED) is 0.132. The van der Waals surface area contributed by atoms with Crippen LogP contribution in [0.4, 0.5) is 17.1 Å². The molecule has 0 atom stereocenters. The Hall–Kier alpha value is -5.28. The average molecular weight is 690 g/mol. The number of nitrogens with zero attached hydrogens (tertiary/aromatic N) is 1. The van der Waals surface area contributed by atoms with Crippen molar-refractivity contribution in [2.45, 2.75) is 78.6 Å². The van der Waals surface area contributed by atoms with Gasteiger partial charge < -0.3 is 9.64 Å². The first-order valence-electron chi connectivity index (χ1n) is 19.1. The van der Waals surface area contributed by atoms with E-state index in [0.717, 1.165) is 11.5 Å². The molecule has 0 amide bonds. The molecule has 0 fully saturated rings. The Kier molecular flexibility index (Phi) is 7.35. The maximum atomic E-state index is 7.02. The van der Waals surface area contributed by atoms with Crippen LogP contribution in [0.2, 0.25) is 0 Å². The highest BCUT2D eigenvalue weighted by molar-refractivity contribution is 6.99. The third-order valence-corrected chi connectivity index (χ3v) is 11.6. The molecule has 0 saturated heterocycles. The summed E-state index contributed by atoms with van der Waals surface area (Å²) in [4.78, 5) is 2.56. The van der Waals surface area contributed by atoms with Crippen LogP contribution >= 0.6 is 0 Å². The second-order valence-corrected chi connectivity index (χ2v) is 18.3. The van der Waals surface area contributed by atoms with Gasteiger partial charge in [-0.05, 0) is 113 Å². The summed E-state index contributed by atoms with van der Waals surface area (Å²) in [5.74, 6) is 1.91. The monoisotopic (exact) mass is 689 g/mol.